The molecule has 0 aliphatic rings. The van der Waals surface area contributed by atoms with Crippen molar-refractivity contribution in [1.82, 2.24) is 9.44 Å². The number of carbonyl (C=O) groups is 1. The number of furan rings is 1. The number of rotatable bonds is 8. The molecule has 0 spiro atoms. The van der Waals surface area contributed by atoms with Crippen molar-refractivity contribution in [3.05, 3.63) is 77.7 Å². The van der Waals surface area contributed by atoms with Gasteiger partial charge in [0.2, 0.25) is 20.0 Å². The summed E-state index contributed by atoms with van der Waals surface area (Å²) in [6.45, 7) is 1.66. The van der Waals surface area contributed by atoms with E-state index < -0.39 is 26.0 Å². The van der Waals surface area contributed by atoms with Crippen molar-refractivity contribution in [2.45, 2.75) is 23.3 Å². The van der Waals surface area contributed by atoms with Gasteiger partial charge >= 0.3 is 0 Å². The van der Waals surface area contributed by atoms with Crippen LogP contribution in [0.3, 0.4) is 0 Å². The van der Waals surface area contributed by atoms with Gasteiger partial charge in [-0.25, -0.2) is 26.3 Å². The first kappa shape index (κ1) is 22.7. The average Bonchev–Trinajstić information content (AvgIpc) is 3.26. The van der Waals surface area contributed by atoms with Crippen LogP contribution in [0.2, 0.25) is 0 Å². The van der Waals surface area contributed by atoms with Crippen LogP contribution in [-0.2, 0) is 26.6 Å². The summed E-state index contributed by atoms with van der Waals surface area (Å²) in [6, 6.07) is 13.1. The number of aryl methyl sites for hydroxylation is 1. The number of sulfonamides is 2. The van der Waals surface area contributed by atoms with Crippen LogP contribution in [0.1, 0.15) is 21.7 Å². The molecule has 2 aromatic carbocycles. The maximum Gasteiger partial charge on any atom is 0.255 e. The van der Waals surface area contributed by atoms with E-state index in [1.165, 1.54) is 49.7 Å². The molecule has 3 aromatic rings. The summed E-state index contributed by atoms with van der Waals surface area (Å²) in [7, 11) is -6.16. The average molecular weight is 464 g/mol. The van der Waals surface area contributed by atoms with Crippen molar-refractivity contribution < 1.29 is 26.0 Å². The van der Waals surface area contributed by atoms with Gasteiger partial charge in [0.15, 0.2) is 0 Å². The minimum Gasteiger partial charge on any atom is -0.468 e. The number of carbonyl (C=O) groups excluding carboxylic acids is 1. The molecule has 0 saturated heterocycles. The third kappa shape index (κ3) is 5.39. The lowest BCUT2D eigenvalue weighted by Crippen LogP contribution is -2.24. The molecule has 0 unspecified atom stereocenters. The summed E-state index contributed by atoms with van der Waals surface area (Å²) in [5.41, 5.74) is 1.12. The van der Waals surface area contributed by atoms with E-state index >= 15 is 0 Å². The zero-order valence-electron chi connectivity index (χ0n) is 16.7. The molecule has 9 nitrogen and oxygen atoms in total. The number of amides is 1. The first-order chi connectivity index (χ1) is 14.6. The van der Waals surface area contributed by atoms with Crippen LogP contribution in [0, 0.1) is 6.92 Å². The van der Waals surface area contributed by atoms with Gasteiger partial charge in [-0.2, -0.15) is 0 Å². The monoisotopic (exact) mass is 463 g/mol. The van der Waals surface area contributed by atoms with Gasteiger partial charge in [0.25, 0.3) is 5.91 Å². The second kappa shape index (κ2) is 9.02. The van der Waals surface area contributed by atoms with Crippen LogP contribution in [0.25, 0.3) is 0 Å². The zero-order chi connectivity index (χ0) is 22.6. The van der Waals surface area contributed by atoms with Gasteiger partial charge in [-0.1, -0.05) is 6.07 Å². The molecule has 3 rings (SSSR count). The molecule has 0 aliphatic heterocycles. The molecule has 0 saturated carbocycles. The second-order valence-electron chi connectivity index (χ2n) is 6.57. The fourth-order valence-corrected chi connectivity index (χ4v) is 4.46. The molecule has 0 radical (unpaired) electrons. The Balaban J connectivity index is 1.78. The fraction of sp³-hybridized carbons (Fsp3) is 0.150. The normalized spacial score (nSPS) is 11.9. The van der Waals surface area contributed by atoms with Crippen LogP contribution in [0.15, 0.2) is 75.1 Å². The smallest absolute Gasteiger partial charge is 0.255 e. The molecule has 0 bridgehead atoms. The highest BCUT2D eigenvalue weighted by Gasteiger charge is 2.19. The van der Waals surface area contributed by atoms with Crippen molar-refractivity contribution >= 4 is 31.6 Å². The van der Waals surface area contributed by atoms with Crippen LogP contribution >= 0.6 is 0 Å². The minimum absolute atomic E-state index is 0.0212. The molecule has 31 heavy (non-hydrogen) atoms. The van der Waals surface area contributed by atoms with E-state index in [1.54, 1.807) is 25.1 Å². The van der Waals surface area contributed by atoms with E-state index in [-0.39, 0.29) is 21.9 Å². The largest absolute Gasteiger partial charge is 0.468 e. The highest BCUT2D eigenvalue weighted by molar-refractivity contribution is 7.89. The Morgan fingerprint density at radius 3 is 2.23 bits per heavy atom. The summed E-state index contributed by atoms with van der Waals surface area (Å²) in [6.07, 6.45) is 1.44. The van der Waals surface area contributed by atoms with Crippen LogP contribution in [0.4, 0.5) is 5.69 Å². The van der Waals surface area contributed by atoms with Crippen molar-refractivity contribution in [2.75, 3.05) is 12.4 Å². The predicted molar refractivity (Wildman–Crippen MR) is 115 cm³/mol. The third-order valence-corrected chi connectivity index (χ3v) is 7.30. The molecule has 11 heteroatoms. The summed E-state index contributed by atoms with van der Waals surface area (Å²) >= 11 is 0. The Hall–Kier alpha value is -2.99. The van der Waals surface area contributed by atoms with Crippen molar-refractivity contribution in [3.63, 3.8) is 0 Å². The van der Waals surface area contributed by atoms with E-state index in [1.807, 2.05) is 0 Å². The number of nitrogens with one attached hydrogen (secondary N) is 3. The van der Waals surface area contributed by atoms with Crippen LogP contribution in [0.5, 0.6) is 0 Å². The fourth-order valence-electron chi connectivity index (χ4n) is 2.71. The van der Waals surface area contributed by atoms with Gasteiger partial charge in [0, 0.05) is 11.3 Å². The summed E-state index contributed by atoms with van der Waals surface area (Å²) in [4.78, 5) is 12.7. The topological polar surface area (TPSA) is 135 Å². The lowest BCUT2D eigenvalue weighted by Gasteiger charge is -2.11. The van der Waals surface area contributed by atoms with E-state index in [2.05, 4.69) is 14.8 Å². The Morgan fingerprint density at radius 1 is 0.935 bits per heavy atom. The van der Waals surface area contributed by atoms with Crippen LogP contribution in [-0.4, -0.2) is 29.8 Å². The number of hydrogen-bond donors (Lipinski definition) is 3. The summed E-state index contributed by atoms with van der Waals surface area (Å²) < 4.78 is 58.5. The van der Waals surface area contributed by atoms with Crippen molar-refractivity contribution in [3.8, 4) is 0 Å². The summed E-state index contributed by atoms with van der Waals surface area (Å²) in [5, 5.41) is 2.64. The third-order valence-electron chi connectivity index (χ3n) is 4.47. The lowest BCUT2D eigenvalue weighted by molar-refractivity contribution is 0.102. The van der Waals surface area contributed by atoms with Gasteiger partial charge in [-0.15, -0.1) is 0 Å². The molecular weight excluding hydrogens is 442 g/mol. The maximum atomic E-state index is 12.7. The minimum atomic E-state index is -3.87. The van der Waals surface area contributed by atoms with E-state index in [0.29, 0.717) is 17.0 Å². The van der Waals surface area contributed by atoms with Crippen molar-refractivity contribution in [2.24, 2.45) is 0 Å². The SMILES string of the molecule is CNS(=O)(=O)c1ccc(NC(=O)c2cc(S(=O)(=O)NCc3ccco3)ccc2C)cc1. The van der Waals surface area contributed by atoms with Gasteiger partial charge in [-0.3, -0.25) is 4.79 Å². The predicted octanol–water partition coefficient (Wildman–Crippen LogP) is 2.23. The highest BCUT2D eigenvalue weighted by Crippen LogP contribution is 2.19. The van der Waals surface area contributed by atoms with Gasteiger partial charge < -0.3 is 9.73 Å². The Morgan fingerprint density at radius 2 is 1.61 bits per heavy atom. The highest BCUT2D eigenvalue weighted by atomic mass is 32.2. The van der Waals surface area contributed by atoms with Gasteiger partial charge in [0.1, 0.15) is 5.76 Å². The van der Waals surface area contributed by atoms with E-state index in [0.717, 1.165) is 0 Å². The Labute approximate surface area is 180 Å². The van der Waals surface area contributed by atoms with E-state index in [9.17, 15) is 21.6 Å². The van der Waals surface area contributed by atoms with Crippen molar-refractivity contribution in [1.29, 1.82) is 0 Å². The molecule has 1 aromatic heterocycles. The second-order valence-corrected chi connectivity index (χ2v) is 10.2. The molecular formula is C20H21N3O6S2. The first-order valence-electron chi connectivity index (χ1n) is 9.10. The lowest BCUT2D eigenvalue weighted by atomic mass is 10.1. The Kier molecular flexibility index (Phi) is 6.60. The Bertz CT molecular complexity index is 1280. The molecule has 1 heterocycles. The number of benzene rings is 2. The summed E-state index contributed by atoms with van der Waals surface area (Å²) in [5.74, 6) is -0.0674. The molecule has 0 aliphatic carbocycles. The quantitative estimate of drug-likeness (QED) is 0.469. The number of anilines is 1. The van der Waals surface area contributed by atoms with Gasteiger partial charge in [-0.05, 0) is 68.1 Å². The molecule has 3 N–H and O–H groups in total. The van der Waals surface area contributed by atoms with Crippen LogP contribution < -0.4 is 14.8 Å². The standard InChI is InChI=1S/C20H21N3O6S2/c1-14-5-8-18(31(27,28)22-13-16-4-3-11-29-16)12-19(14)20(24)23-15-6-9-17(10-7-15)30(25,26)21-2/h3-12,21-22H,13H2,1-2H3,(H,23,24). The van der Waals surface area contributed by atoms with E-state index in [4.69, 9.17) is 4.42 Å². The van der Waals surface area contributed by atoms with Gasteiger partial charge in [0.05, 0.1) is 22.6 Å². The molecule has 164 valence electrons. The first-order valence-corrected chi connectivity index (χ1v) is 12.1. The molecule has 1 amide bonds. The maximum absolute atomic E-state index is 12.7. The molecule has 0 atom stereocenters. The number of hydrogen-bond acceptors (Lipinski definition) is 6. The molecule has 0 fully saturated rings. The zero-order valence-corrected chi connectivity index (χ0v) is 18.4.